The molecule has 1 amide bonds. The van der Waals surface area contributed by atoms with Crippen molar-refractivity contribution in [3.05, 3.63) is 40.7 Å². The molecule has 2 aromatic rings. The standard InChI is InChI=1S/C17H20FN3O2/c18-13-6-7-14-15(10-13)19-12-21(17(14)23)11-16(22)20-8-4-2-1-3-5-9-20/h6-7,10,12H,1-5,8-9,11H2. The number of carbonyl (C=O) groups excluding carboxylic acids is 1. The molecule has 2 heterocycles. The number of likely N-dealkylation sites (tertiary alicyclic amines) is 1. The first-order valence-electron chi connectivity index (χ1n) is 8.07. The fraction of sp³-hybridized carbons (Fsp3) is 0.471. The van der Waals surface area contributed by atoms with Gasteiger partial charge in [-0.3, -0.25) is 14.2 Å². The van der Waals surface area contributed by atoms with Crippen molar-refractivity contribution >= 4 is 16.8 Å². The molecule has 0 bridgehead atoms. The number of fused-ring (bicyclic) bond motifs is 1. The van der Waals surface area contributed by atoms with E-state index in [-0.39, 0.29) is 18.0 Å². The van der Waals surface area contributed by atoms with Crippen LogP contribution in [0.1, 0.15) is 32.1 Å². The summed E-state index contributed by atoms with van der Waals surface area (Å²) in [6.45, 7) is 1.48. The van der Waals surface area contributed by atoms with E-state index in [0.29, 0.717) is 10.9 Å². The predicted octanol–water partition coefficient (Wildman–Crippen LogP) is 2.33. The second-order valence-corrected chi connectivity index (χ2v) is 5.99. The second-order valence-electron chi connectivity index (χ2n) is 5.99. The molecule has 0 atom stereocenters. The smallest absolute Gasteiger partial charge is 0.261 e. The molecule has 1 saturated heterocycles. The minimum absolute atomic E-state index is 0.0147. The number of carbonyl (C=O) groups is 1. The highest BCUT2D eigenvalue weighted by Gasteiger charge is 2.16. The molecule has 0 saturated carbocycles. The van der Waals surface area contributed by atoms with E-state index in [1.54, 1.807) is 0 Å². The maximum Gasteiger partial charge on any atom is 0.261 e. The van der Waals surface area contributed by atoms with Crippen molar-refractivity contribution < 1.29 is 9.18 Å². The van der Waals surface area contributed by atoms with Gasteiger partial charge in [-0.1, -0.05) is 19.3 Å². The lowest BCUT2D eigenvalue weighted by Gasteiger charge is -2.25. The summed E-state index contributed by atoms with van der Waals surface area (Å²) in [5.41, 5.74) is 0.000327. The highest BCUT2D eigenvalue weighted by molar-refractivity contribution is 5.79. The molecule has 0 unspecified atom stereocenters. The van der Waals surface area contributed by atoms with Gasteiger partial charge in [-0.05, 0) is 25.0 Å². The van der Waals surface area contributed by atoms with Crippen LogP contribution in [0.3, 0.4) is 0 Å². The van der Waals surface area contributed by atoms with Crippen molar-refractivity contribution in [3.8, 4) is 0 Å². The molecular weight excluding hydrogens is 297 g/mol. The van der Waals surface area contributed by atoms with Crippen molar-refractivity contribution in [3.63, 3.8) is 0 Å². The first-order chi connectivity index (χ1) is 11.1. The maximum absolute atomic E-state index is 13.2. The van der Waals surface area contributed by atoms with Gasteiger partial charge in [-0.2, -0.15) is 0 Å². The first-order valence-corrected chi connectivity index (χ1v) is 8.07. The van der Waals surface area contributed by atoms with Crippen LogP contribution in [0.5, 0.6) is 0 Å². The lowest BCUT2D eigenvalue weighted by molar-refractivity contribution is -0.132. The Hall–Kier alpha value is -2.24. The number of amides is 1. The van der Waals surface area contributed by atoms with Crippen molar-refractivity contribution in [2.75, 3.05) is 13.1 Å². The molecule has 6 heteroatoms. The number of aromatic nitrogens is 2. The lowest BCUT2D eigenvalue weighted by Crippen LogP contribution is -2.38. The minimum Gasteiger partial charge on any atom is -0.341 e. The number of halogens is 1. The van der Waals surface area contributed by atoms with E-state index in [0.717, 1.165) is 38.8 Å². The largest absolute Gasteiger partial charge is 0.341 e. The third-order valence-corrected chi connectivity index (χ3v) is 4.30. The molecule has 0 spiro atoms. The molecule has 1 aliphatic rings. The van der Waals surface area contributed by atoms with Gasteiger partial charge in [-0.15, -0.1) is 0 Å². The summed E-state index contributed by atoms with van der Waals surface area (Å²) < 4.78 is 14.5. The van der Waals surface area contributed by atoms with Crippen LogP contribution >= 0.6 is 0 Å². The third kappa shape index (κ3) is 3.57. The summed E-state index contributed by atoms with van der Waals surface area (Å²) in [5, 5.41) is 0.328. The Morgan fingerprint density at radius 1 is 1.13 bits per heavy atom. The number of benzene rings is 1. The summed E-state index contributed by atoms with van der Waals surface area (Å²) >= 11 is 0. The lowest BCUT2D eigenvalue weighted by atomic mass is 10.1. The summed E-state index contributed by atoms with van der Waals surface area (Å²) in [6, 6.07) is 3.87. The van der Waals surface area contributed by atoms with Crippen LogP contribution in [0.2, 0.25) is 0 Å². The Morgan fingerprint density at radius 2 is 1.83 bits per heavy atom. The normalized spacial score (nSPS) is 16.1. The van der Waals surface area contributed by atoms with Crippen molar-refractivity contribution in [1.82, 2.24) is 14.5 Å². The molecule has 1 fully saturated rings. The van der Waals surface area contributed by atoms with E-state index >= 15 is 0 Å². The van der Waals surface area contributed by atoms with Gasteiger partial charge in [0, 0.05) is 19.2 Å². The van der Waals surface area contributed by atoms with E-state index in [2.05, 4.69) is 4.98 Å². The fourth-order valence-electron chi connectivity index (χ4n) is 2.99. The number of rotatable bonds is 2. The van der Waals surface area contributed by atoms with Gasteiger partial charge >= 0.3 is 0 Å². The average Bonchev–Trinajstić information content (AvgIpc) is 2.49. The van der Waals surface area contributed by atoms with Gasteiger partial charge in [0.15, 0.2) is 0 Å². The van der Waals surface area contributed by atoms with Crippen molar-refractivity contribution in [1.29, 1.82) is 0 Å². The molecule has 23 heavy (non-hydrogen) atoms. The van der Waals surface area contributed by atoms with Crippen LogP contribution in [0, 0.1) is 5.82 Å². The topological polar surface area (TPSA) is 55.2 Å². The van der Waals surface area contributed by atoms with Crippen LogP contribution in [0.4, 0.5) is 4.39 Å². The molecule has 1 aromatic carbocycles. The highest BCUT2D eigenvalue weighted by Crippen LogP contribution is 2.12. The number of hydrogen-bond acceptors (Lipinski definition) is 3. The van der Waals surface area contributed by atoms with E-state index in [9.17, 15) is 14.0 Å². The molecule has 122 valence electrons. The van der Waals surface area contributed by atoms with Gasteiger partial charge in [0.1, 0.15) is 12.4 Å². The molecule has 5 nitrogen and oxygen atoms in total. The zero-order valence-corrected chi connectivity index (χ0v) is 13.0. The number of hydrogen-bond donors (Lipinski definition) is 0. The van der Waals surface area contributed by atoms with Crippen LogP contribution in [0.25, 0.3) is 10.9 Å². The molecule has 0 radical (unpaired) electrons. The molecule has 3 rings (SSSR count). The highest BCUT2D eigenvalue weighted by atomic mass is 19.1. The van der Waals surface area contributed by atoms with E-state index in [4.69, 9.17) is 0 Å². The molecule has 0 aliphatic carbocycles. The van der Waals surface area contributed by atoms with Gasteiger partial charge in [0.2, 0.25) is 5.91 Å². The van der Waals surface area contributed by atoms with E-state index < -0.39 is 5.82 Å². The summed E-state index contributed by atoms with van der Waals surface area (Å²) in [5.74, 6) is -0.490. The average molecular weight is 317 g/mol. The van der Waals surface area contributed by atoms with Gasteiger partial charge in [0.05, 0.1) is 17.2 Å². The Labute approximate surface area is 133 Å². The van der Waals surface area contributed by atoms with Gasteiger partial charge in [0.25, 0.3) is 5.56 Å². The van der Waals surface area contributed by atoms with Crippen molar-refractivity contribution in [2.24, 2.45) is 0 Å². The maximum atomic E-state index is 13.2. The Balaban J connectivity index is 1.80. The van der Waals surface area contributed by atoms with E-state index in [1.807, 2.05) is 4.90 Å². The fourth-order valence-corrected chi connectivity index (χ4v) is 2.99. The SMILES string of the molecule is O=C(Cn1cnc2cc(F)ccc2c1=O)N1CCCCCCC1. The van der Waals surface area contributed by atoms with Crippen LogP contribution in [-0.2, 0) is 11.3 Å². The Morgan fingerprint density at radius 3 is 2.57 bits per heavy atom. The van der Waals surface area contributed by atoms with Crippen LogP contribution in [-0.4, -0.2) is 33.4 Å². The van der Waals surface area contributed by atoms with Crippen LogP contribution < -0.4 is 5.56 Å². The van der Waals surface area contributed by atoms with Gasteiger partial charge in [-0.25, -0.2) is 9.37 Å². The minimum atomic E-state index is -0.432. The van der Waals surface area contributed by atoms with Crippen molar-refractivity contribution in [2.45, 2.75) is 38.6 Å². The Kier molecular flexibility index (Phi) is 4.69. The second kappa shape index (κ2) is 6.89. The third-order valence-electron chi connectivity index (χ3n) is 4.30. The van der Waals surface area contributed by atoms with Crippen LogP contribution in [0.15, 0.2) is 29.3 Å². The molecule has 1 aromatic heterocycles. The van der Waals surface area contributed by atoms with Gasteiger partial charge < -0.3 is 4.90 Å². The summed E-state index contributed by atoms with van der Waals surface area (Å²) in [4.78, 5) is 30.8. The van der Waals surface area contributed by atoms with E-state index in [1.165, 1.54) is 35.5 Å². The zero-order chi connectivity index (χ0) is 16.2. The monoisotopic (exact) mass is 317 g/mol. The first kappa shape index (κ1) is 15.6. The summed E-state index contributed by atoms with van der Waals surface area (Å²) in [6.07, 6.45) is 6.87. The Bertz CT molecular complexity index is 764. The predicted molar refractivity (Wildman–Crippen MR) is 85.6 cm³/mol. The molecule has 0 N–H and O–H groups in total. The zero-order valence-electron chi connectivity index (χ0n) is 13.0. The molecule has 1 aliphatic heterocycles. The molecular formula is C17H20FN3O2. The summed E-state index contributed by atoms with van der Waals surface area (Å²) in [7, 11) is 0. The quantitative estimate of drug-likeness (QED) is 0.854. The number of nitrogens with zero attached hydrogens (tertiary/aromatic N) is 3.